The molecule has 4 rings (SSSR count). The van der Waals surface area contributed by atoms with Gasteiger partial charge in [0.2, 0.25) is 11.3 Å². The maximum Gasteiger partial charge on any atom is 0.309 e. The molecule has 0 unspecified atom stereocenters. The maximum atomic E-state index is 13.4. The van der Waals surface area contributed by atoms with Crippen LogP contribution >= 0.6 is 11.6 Å². The SMILES string of the molecule is CCn1c(OC(C)=O)c(C(=O)Cl)c(=O)c2cc(-c3ccccc3)c(-c3ccccc3)cc21. The van der Waals surface area contributed by atoms with Crippen LogP contribution in [0.1, 0.15) is 24.2 Å². The van der Waals surface area contributed by atoms with Crippen molar-refractivity contribution in [3.63, 3.8) is 0 Å². The van der Waals surface area contributed by atoms with Crippen molar-refractivity contribution in [3.8, 4) is 28.1 Å². The number of pyridine rings is 1. The van der Waals surface area contributed by atoms with Gasteiger partial charge in [-0.2, -0.15) is 0 Å². The molecule has 0 radical (unpaired) electrons. The number of carbonyl (C=O) groups is 2. The van der Waals surface area contributed by atoms with Crippen molar-refractivity contribution in [1.82, 2.24) is 4.57 Å². The van der Waals surface area contributed by atoms with Crippen molar-refractivity contribution in [1.29, 1.82) is 0 Å². The van der Waals surface area contributed by atoms with E-state index < -0.39 is 16.6 Å². The first-order valence-corrected chi connectivity index (χ1v) is 10.5. The van der Waals surface area contributed by atoms with Crippen molar-refractivity contribution >= 4 is 33.7 Å². The minimum absolute atomic E-state index is 0.135. The molecular weight excluding hydrogens is 426 g/mol. The minimum atomic E-state index is -0.969. The van der Waals surface area contributed by atoms with Gasteiger partial charge in [-0.15, -0.1) is 0 Å². The van der Waals surface area contributed by atoms with Gasteiger partial charge in [0.15, 0.2) is 0 Å². The van der Waals surface area contributed by atoms with E-state index in [9.17, 15) is 14.4 Å². The number of halogens is 1. The van der Waals surface area contributed by atoms with Crippen LogP contribution in [-0.4, -0.2) is 15.8 Å². The average Bonchev–Trinajstić information content (AvgIpc) is 2.79. The summed E-state index contributed by atoms with van der Waals surface area (Å²) >= 11 is 5.77. The van der Waals surface area contributed by atoms with Gasteiger partial charge in [-0.3, -0.25) is 14.4 Å². The van der Waals surface area contributed by atoms with E-state index >= 15 is 0 Å². The van der Waals surface area contributed by atoms with Gasteiger partial charge in [-0.05, 0) is 52.9 Å². The molecule has 5 nitrogen and oxygen atoms in total. The first-order chi connectivity index (χ1) is 15.4. The van der Waals surface area contributed by atoms with Gasteiger partial charge in [0.25, 0.3) is 5.24 Å². The van der Waals surface area contributed by atoms with E-state index in [0.29, 0.717) is 17.4 Å². The van der Waals surface area contributed by atoms with E-state index in [2.05, 4.69) is 0 Å². The third kappa shape index (κ3) is 3.83. The van der Waals surface area contributed by atoms with E-state index in [1.165, 1.54) is 6.92 Å². The Balaban J connectivity index is 2.18. The molecule has 0 aliphatic carbocycles. The Morgan fingerprint density at radius 1 is 0.906 bits per heavy atom. The Labute approximate surface area is 189 Å². The van der Waals surface area contributed by atoms with Crippen LogP contribution in [0.3, 0.4) is 0 Å². The largest absolute Gasteiger partial charge is 0.408 e. The summed E-state index contributed by atoms with van der Waals surface area (Å²) in [6, 6.07) is 23.2. The molecule has 0 aliphatic rings. The fourth-order valence-corrected chi connectivity index (χ4v) is 4.08. The molecule has 160 valence electrons. The molecule has 32 heavy (non-hydrogen) atoms. The predicted octanol–water partition coefficient (Wildman–Crippen LogP) is 5.66. The summed E-state index contributed by atoms with van der Waals surface area (Å²) in [4.78, 5) is 37.3. The summed E-state index contributed by atoms with van der Waals surface area (Å²) in [6.07, 6.45) is 0. The van der Waals surface area contributed by atoms with Gasteiger partial charge in [-0.25, -0.2) is 0 Å². The summed E-state index contributed by atoms with van der Waals surface area (Å²) < 4.78 is 6.93. The van der Waals surface area contributed by atoms with E-state index in [1.807, 2.05) is 73.7 Å². The standard InChI is InChI=1S/C26H20ClNO4/c1-3-28-22-15-20(18-12-8-5-9-13-18)19(17-10-6-4-7-11-17)14-21(22)24(30)23(25(27)31)26(28)32-16(2)29/h4-15H,3H2,1-2H3. The van der Waals surface area contributed by atoms with Crippen LogP contribution in [0.15, 0.2) is 77.6 Å². The van der Waals surface area contributed by atoms with Crippen molar-refractivity contribution in [2.45, 2.75) is 20.4 Å². The third-order valence-corrected chi connectivity index (χ3v) is 5.47. The summed E-state index contributed by atoms with van der Waals surface area (Å²) in [7, 11) is 0. The normalized spacial score (nSPS) is 10.8. The number of hydrogen-bond donors (Lipinski definition) is 0. The van der Waals surface area contributed by atoms with Crippen LogP contribution in [0.5, 0.6) is 5.88 Å². The van der Waals surface area contributed by atoms with Gasteiger partial charge < -0.3 is 9.30 Å². The van der Waals surface area contributed by atoms with Gasteiger partial charge >= 0.3 is 5.97 Å². The van der Waals surface area contributed by atoms with Crippen LogP contribution in [0.2, 0.25) is 0 Å². The van der Waals surface area contributed by atoms with Crippen LogP contribution < -0.4 is 10.2 Å². The second kappa shape index (κ2) is 8.81. The number of aryl methyl sites for hydroxylation is 1. The molecule has 0 bridgehead atoms. The van der Waals surface area contributed by atoms with Gasteiger partial charge in [0.1, 0.15) is 5.56 Å². The minimum Gasteiger partial charge on any atom is -0.408 e. The second-order valence-electron chi connectivity index (χ2n) is 7.27. The lowest BCUT2D eigenvalue weighted by molar-refractivity contribution is -0.132. The highest BCUT2D eigenvalue weighted by Crippen LogP contribution is 2.36. The Morgan fingerprint density at radius 2 is 1.44 bits per heavy atom. The lowest BCUT2D eigenvalue weighted by Crippen LogP contribution is -2.22. The molecule has 0 amide bonds. The highest BCUT2D eigenvalue weighted by Gasteiger charge is 2.25. The van der Waals surface area contributed by atoms with Crippen LogP contribution in [0.25, 0.3) is 33.2 Å². The van der Waals surface area contributed by atoms with Crippen LogP contribution in [0, 0.1) is 0 Å². The predicted molar refractivity (Wildman–Crippen MR) is 126 cm³/mol. The molecule has 0 fully saturated rings. The number of hydrogen-bond acceptors (Lipinski definition) is 4. The number of esters is 1. The molecular formula is C26H20ClNO4. The molecule has 0 saturated carbocycles. The van der Waals surface area contributed by atoms with Crippen molar-refractivity contribution in [2.24, 2.45) is 0 Å². The first kappa shape index (κ1) is 21.5. The van der Waals surface area contributed by atoms with Gasteiger partial charge in [0, 0.05) is 18.9 Å². The zero-order chi connectivity index (χ0) is 22.8. The Hall–Kier alpha value is -3.70. The molecule has 6 heteroatoms. The molecule has 0 spiro atoms. The quantitative estimate of drug-likeness (QED) is 0.293. The molecule has 0 N–H and O–H groups in total. The van der Waals surface area contributed by atoms with Crippen molar-refractivity contribution < 1.29 is 14.3 Å². The number of fused-ring (bicyclic) bond motifs is 1. The van der Waals surface area contributed by atoms with Gasteiger partial charge in [-0.1, -0.05) is 60.7 Å². The van der Waals surface area contributed by atoms with Crippen molar-refractivity contribution in [3.05, 3.63) is 88.6 Å². The molecule has 1 aromatic heterocycles. The highest BCUT2D eigenvalue weighted by atomic mass is 35.5. The zero-order valence-corrected chi connectivity index (χ0v) is 18.3. The first-order valence-electron chi connectivity index (χ1n) is 10.2. The summed E-state index contributed by atoms with van der Waals surface area (Å²) in [5.41, 5.74) is 3.28. The number of ether oxygens (including phenoxy) is 1. The topological polar surface area (TPSA) is 65.4 Å². The molecule has 0 aliphatic heterocycles. The zero-order valence-electron chi connectivity index (χ0n) is 17.6. The third-order valence-electron chi connectivity index (χ3n) is 5.28. The molecule has 4 aromatic rings. The summed E-state index contributed by atoms with van der Waals surface area (Å²) in [6.45, 7) is 3.41. The molecule has 1 heterocycles. The number of nitrogens with zero attached hydrogens (tertiary/aromatic N) is 1. The number of rotatable bonds is 5. The smallest absolute Gasteiger partial charge is 0.309 e. The van der Waals surface area contributed by atoms with E-state index in [-0.39, 0.29) is 11.4 Å². The number of carbonyl (C=O) groups excluding carboxylic acids is 2. The van der Waals surface area contributed by atoms with E-state index in [4.69, 9.17) is 16.3 Å². The molecule has 3 aromatic carbocycles. The van der Waals surface area contributed by atoms with E-state index in [1.54, 1.807) is 10.6 Å². The Morgan fingerprint density at radius 3 is 1.91 bits per heavy atom. The van der Waals surface area contributed by atoms with Crippen molar-refractivity contribution in [2.75, 3.05) is 0 Å². The Kier molecular flexibility index (Phi) is 5.93. The molecule has 0 saturated heterocycles. The second-order valence-corrected chi connectivity index (χ2v) is 7.61. The summed E-state index contributed by atoms with van der Waals surface area (Å²) in [5, 5.41) is -0.644. The lowest BCUT2D eigenvalue weighted by atomic mass is 9.92. The number of aromatic nitrogens is 1. The number of benzene rings is 3. The van der Waals surface area contributed by atoms with E-state index in [0.717, 1.165) is 22.3 Å². The average molecular weight is 446 g/mol. The Bertz CT molecular complexity index is 1390. The monoisotopic (exact) mass is 445 g/mol. The maximum absolute atomic E-state index is 13.4. The molecule has 0 atom stereocenters. The summed E-state index contributed by atoms with van der Waals surface area (Å²) in [5.74, 6) is -0.779. The van der Waals surface area contributed by atoms with Crippen LogP contribution in [-0.2, 0) is 11.3 Å². The fraction of sp³-hybridized carbons (Fsp3) is 0.115. The highest BCUT2D eigenvalue weighted by molar-refractivity contribution is 6.68. The lowest BCUT2D eigenvalue weighted by Gasteiger charge is -2.19. The van der Waals surface area contributed by atoms with Crippen LogP contribution in [0.4, 0.5) is 0 Å². The fourth-order valence-electron chi connectivity index (χ4n) is 3.91. The van der Waals surface area contributed by atoms with Gasteiger partial charge in [0.05, 0.1) is 5.52 Å².